The van der Waals surface area contributed by atoms with Crippen LogP contribution in [0.4, 0.5) is 4.39 Å². The topological polar surface area (TPSA) is 75.2 Å². The number of hydrogen-bond donors (Lipinski definition) is 2. The van der Waals surface area contributed by atoms with Crippen molar-refractivity contribution in [1.29, 1.82) is 0 Å². The summed E-state index contributed by atoms with van der Waals surface area (Å²) in [5.41, 5.74) is 0.767. The molecule has 1 heterocycles. The summed E-state index contributed by atoms with van der Waals surface area (Å²) in [6.45, 7) is 2.03. The molecule has 0 bridgehead atoms. The minimum atomic E-state index is -1.09. The van der Waals surface area contributed by atoms with Crippen molar-refractivity contribution in [3.05, 3.63) is 83.2 Å². The molecule has 5 nitrogen and oxygen atoms in total. The van der Waals surface area contributed by atoms with Crippen LogP contribution in [-0.4, -0.2) is 21.0 Å². The molecule has 0 saturated heterocycles. The molecule has 0 radical (unpaired) electrons. The Morgan fingerprint density at radius 2 is 1.76 bits per heavy atom. The number of nitrogens with zero attached hydrogens (tertiary/aromatic N) is 1. The highest BCUT2D eigenvalue weighted by Gasteiger charge is 2.52. The molecule has 34 heavy (non-hydrogen) atoms. The van der Waals surface area contributed by atoms with Crippen molar-refractivity contribution in [3.63, 3.8) is 0 Å². The number of carboxylic acids is 1. The first kappa shape index (κ1) is 23.1. The highest BCUT2D eigenvalue weighted by Crippen LogP contribution is 2.51. The second kappa shape index (κ2) is 8.84. The Morgan fingerprint density at radius 3 is 2.35 bits per heavy atom. The average Bonchev–Trinajstić information content (AvgIpc) is 3.61. The Morgan fingerprint density at radius 1 is 1.12 bits per heavy atom. The van der Waals surface area contributed by atoms with E-state index < -0.39 is 17.0 Å². The van der Waals surface area contributed by atoms with Crippen molar-refractivity contribution in [3.8, 4) is 5.75 Å². The first-order valence-electron chi connectivity index (χ1n) is 11.8. The van der Waals surface area contributed by atoms with Crippen LogP contribution in [0.5, 0.6) is 5.75 Å². The lowest BCUT2D eigenvalue weighted by Gasteiger charge is -2.43. The summed E-state index contributed by atoms with van der Waals surface area (Å²) < 4.78 is 20.2. The summed E-state index contributed by atoms with van der Waals surface area (Å²) in [4.78, 5) is 21.2. The number of hydrogen-bond acceptors (Lipinski definition) is 3. The predicted octanol–water partition coefficient (Wildman–Crippen LogP) is 6.57. The van der Waals surface area contributed by atoms with Gasteiger partial charge in [-0.25, -0.2) is 9.37 Å². The summed E-state index contributed by atoms with van der Waals surface area (Å²) in [6, 6.07) is 15.5. The predicted molar refractivity (Wildman–Crippen MR) is 131 cm³/mol. The summed E-state index contributed by atoms with van der Waals surface area (Å²) in [7, 11) is 0. The molecule has 2 saturated carbocycles. The van der Waals surface area contributed by atoms with Crippen molar-refractivity contribution >= 4 is 21.9 Å². The number of ether oxygens (including phenoxy) is 1. The molecule has 2 aliphatic rings. The van der Waals surface area contributed by atoms with Crippen LogP contribution in [-0.2, 0) is 15.8 Å². The highest BCUT2D eigenvalue weighted by atomic mass is 79.9. The number of aromatic amines is 1. The number of aromatic nitrogens is 2. The maximum Gasteiger partial charge on any atom is 0.314 e. The van der Waals surface area contributed by atoms with E-state index >= 15 is 0 Å². The lowest BCUT2D eigenvalue weighted by Crippen LogP contribution is -2.47. The van der Waals surface area contributed by atoms with Crippen LogP contribution in [0.25, 0.3) is 0 Å². The minimum absolute atomic E-state index is 0.201. The van der Waals surface area contributed by atoms with Crippen LogP contribution in [0.3, 0.4) is 0 Å². The van der Waals surface area contributed by atoms with E-state index in [-0.39, 0.29) is 10.6 Å². The standard InChI is InChI=1S/C27H28BrFN2O3/c1-17-23(22(28)18-7-8-18)31-24(30-17)27(34-21-5-3-2-4-6-21)15-13-26(14-16-27,25(32)33)19-9-11-20(29)12-10-19/h2-6,9-12,18,22H,7-8,13-16H2,1H3,(H,30,31)(H,32,33). The fourth-order valence-electron chi connectivity index (χ4n) is 5.15. The third kappa shape index (κ3) is 4.15. The Balaban J connectivity index is 1.51. The monoisotopic (exact) mass is 526 g/mol. The molecule has 2 aliphatic carbocycles. The fraction of sp³-hybridized carbons (Fsp3) is 0.407. The lowest BCUT2D eigenvalue weighted by atomic mass is 9.65. The first-order chi connectivity index (χ1) is 16.3. The van der Waals surface area contributed by atoms with Gasteiger partial charge in [0.2, 0.25) is 0 Å². The molecule has 0 spiro atoms. The van der Waals surface area contributed by atoms with Gasteiger partial charge in [0.05, 0.1) is 15.9 Å². The number of imidazole rings is 1. The molecular weight excluding hydrogens is 499 g/mol. The van der Waals surface area contributed by atoms with E-state index in [1.807, 2.05) is 37.3 Å². The number of halogens is 2. The quantitative estimate of drug-likeness (QED) is 0.341. The normalized spacial score (nSPS) is 25.6. The lowest BCUT2D eigenvalue weighted by molar-refractivity contribution is -0.147. The molecule has 3 aromatic rings. The Bertz CT molecular complexity index is 1170. The van der Waals surface area contributed by atoms with E-state index in [0.717, 1.165) is 23.0 Å². The van der Waals surface area contributed by atoms with E-state index in [1.165, 1.54) is 25.0 Å². The van der Waals surface area contributed by atoms with Crippen LogP contribution >= 0.6 is 15.9 Å². The van der Waals surface area contributed by atoms with Gasteiger partial charge in [0.25, 0.3) is 0 Å². The molecule has 2 fully saturated rings. The number of aliphatic carboxylic acids is 1. The van der Waals surface area contributed by atoms with Crippen molar-refractivity contribution in [2.45, 2.75) is 61.3 Å². The van der Waals surface area contributed by atoms with E-state index in [0.29, 0.717) is 37.2 Å². The number of carbonyl (C=O) groups is 1. The Hall–Kier alpha value is -2.67. The number of benzene rings is 2. The van der Waals surface area contributed by atoms with Gasteiger partial charge in [-0.3, -0.25) is 4.79 Å². The van der Waals surface area contributed by atoms with E-state index in [4.69, 9.17) is 9.72 Å². The van der Waals surface area contributed by atoms with Gasteiger partial charge in [0.1, 0.15) is 11.6 Å². The van der Waals surface area contributed by atoms with Crippen LogP contribution < -0.4 is 4.74 Å². The van der Waals surface area contributed by atoms with Crippen LogP contribution in [0.15, 0.2) is 54.6 Å². The zero-order valence-corrected chi connectivity index (χ0v) is 20.6. The van der Waals surface area contributed by atoms with Gasteiger partial charge in [0, 0.05) is 5.69 Å². The van der Waals surface area contributed by atoms with Crippen LogP contribution in [0.1, 0.15) is 66.1 Å². The zero-order chi connectivity index (χ0) is 23.9. The molecule has 7 heteroatoms. The molecule has 1 atom stereocenters. The molecular formula is C27H28BrFN2O3. The maximum atomic E-state index is 13.5. The molecule has 1 unspecified atom stereocenters. The van der Waals surface area contributed by atoms with Gasteiger partial charge in [-0.2, -0.15) is 0 Å². The number of nitrogens with one attached hydrogen (secondary N) is 1. The van der Waals surface area contributed by atoms with Crippen molar-refractivity contribution in [2.24, 2.45) is 5.92 Å². The maximum absolute atomic E-state index is 13.5. The van der Waals surface area contributed by atoms with Gasteiger partial charge in [-0.05, 0) is 81.2 Å². The SMILES string of the molecule is Cc1[nH]c(C2(Oc3ccccc3)CCC(C(=O)O)(c3ccc(F)cc3)CC2)nc1C(Br)C1CC1. The molecule has 2 N–H and O–H groups in total. The van der Waals surface area contributed by atoms with E-state index in [1.54, 1.807) is 12.1 Å². The fourth-order valence-corrected chi connectivity index (χ4v) is 6.12. The van der Waals surface area contributed by atoms with Crippen molar-refractivity contribution in [1.82, 2.24) is 9.97 Å². The third-order valence-electron chi connectivity index (χ3n) is 7.42. The summed E-state index contributed by atoms with van der Waals surface area (Å²) >= 11 is 3.83. The Kier molecular flexibility index (Phi) is 6.00. The molecule has 178 valence electrons. The number of carboxylic acid groups (broad SMARTS) is 1. The van der Waals surface area contributed by atoms with Gasteiger partial charge >= 0.3 is 5.97 Å². The second-order valence-corrected chi connectivity index (χ2v) is 10.6. The summed E-state index contributed by atoms with van der Waals surface area (Å²) in [5.74, 6) is 0.802. The molecule has 5 rings (SSSR count). The summed E-state index contributed by atoms with van der Waals surface area (Å²) in [6.07, 6.45) is 4.04. The molecule has 1 aromatic heterocycles. The smallest absolute Gasteiger partial charge is 0.314 e. The van der Waals surface area contributed by atoms with E-state index in [2.05, 4.69) is 20.9 Å². The van der Waals surface area contributed by atoms with Crippen molar-refractivity contribution < 1.29 is 19.0 Å². The van der Waals surface area contributed by atoms with Gasteiger partial charge in [-0.1, -0.05) is 46.3 Å². The zero-order valence-electron chi connectivity index (χ0n) is 19.1. The largest absolute Gasteiger partial charge is 0.481 e. The van der Waals surface area contributed by atoms with Gasteiger partial charge < -0.3 is 14.8 Å². The molecule has 0 aliphatic heterocycles. The van der Waals surface area contributed by atoms with Gasteiger partial charge in [-0.15, -0.1) is 0 Å². The third-order valence-corrected chi connectivity index (χ3v) is 8.61. The second-order valence-electron chi connectivity index (χ2n) is 9.64. The number of H-pyrrole nitrogens is 1. The average molecular weight is 527 g/mol. The number of aryl methyl sites for hydroxylation is 1. The number of alkyl halides is 1. The number of para-hydroxylation sites is 1. The Labute approximate surface area is 206 Å². The van der Waals surface area contributed by atoms with Crippen LogP contribution in [0, 0.1) is 18.7 Å². The number of rotatable bonds is 7. The van der Waals surface area contributed by atoms with Crippen molar-refractivity contribution in [2.75, 3.05) is 0 Å². The van der Waals surface area contributed by atoms with Gasteiger partial charge in [0.15, 0.2) is 11.4 Å². The summed E-state index contributed by atoms with van der Waals surface area (Å²) in [5, 5.41) is 10.3. The van der Waals surface area contributed by atoms with Crippen LogP contribution in [0.2, 0.25) is 0 Å². The molecule has 0 amide bonds. The first-order valence-corrected chi connectivity index (χ1v) is 12.7. The minimum Gasteiger partial charge on any atom is -0.481 e. The highest BCUT2D eigenvalue weighted by molar-refractivity contribution is 9.09. The van der Waals surface area contributed by atoms with E-state index in [9.17, 15) is 14.3 Å². The molecule has 2 aromatic carbocycles.